The second-order valence-electron chi connectivity index (χ2n) is 6.39. The van der Waals surface area contributed by atoms with Gasteiger partial charge >= 0.3 is 6.18 Å². The molecular weight excluding hydrogens is 375 g/mol. The molecular formula is C19H26F3N3O3. The summed E-state index contributed by atoms with van der Waals surface area (Å²) in [7, 11) is 0. The van der Waals surface area contributed by atoms with E-state index in [0.29, 0.717) is 43.9 Å². The van der Waals surface area contributed by atoms with Gasteiger partial charge in [0.1, 0.15) is 5.75 Å². The fourth-order valence-corrected chi connectivity index (χ4v) is 2.93. The maximum Gasteiger partial charge on any atom is 0.437 e. The lowest BCUT2D eigenvalue weighted by atomic mass is 10.0. The number of halogens is 3. The first-order valence-corrected chi connectivity index (χ1v) is 9.43. The van der Waals surface area contributed by atoms with Crippen molar-refractivity contribution in [2.24, 2.45) is 0 Å². The van der Waals surface area contributed by atoms with Crippen LogP contribution < -0.4 is 10.1 Å². The lowest BCUT2D eigenvalue weighted by Crippen LogP contribution is -2.32. The van der Waals surface area contributed by atoms with E-state index in [9.17, 15) is 18.0 Å². The monoisotopic (exact) mass is 401 g/mol. The SMILES string of the molecule is CCCc1c(OCCCN(C=O)CCNCC)ccc2c(C(F)(F)F)noc12. The largest absolute Gasteiger partial charge is 0.493 e. The average molecular weight is 401 g/mol. The Hall–Kier alpha value is -2.29. The zero-order valence-corrected chi connectivity index (χ0v) is 16.1. The van der Waals surface area contributed by atoms with Crippen molar-refractivity contribution >= 4 is 17.4 Å². The smallest absolute Gasteiger partial charge is 0.437 e. The number of ether oxygens (including phenoxy) is 1. The van der Waals surface area contributed by atoms with Gasteiger partial charge in [0.05, 0.1) is 12.0 Å². The molecule has 2 aromatic rings. The van der Waals surface area contributed by atoms with Gasteiger partial charge in [-0.15, -0.1) is 0 Å². The van der Waals surface area contributed by atoms with Crippen molar-refractivity contribution in [2.45, 2.75) is 39.3 Å². The molecule has 0 atom stereocenters. The molecule has 0 aliphatic heterocycles. The van der Waals surface area contributed by atoms with E-state index in [4.69, 9.17) is 9.26 Å². The summed E-state index contributed by atoms with van der Waals surface area (Å²) in [6.07, 6.45) is -1.91. The number of benzene rings is 1. The molecule has 0 fully saturated rings. The zero-order chi connectivity index (χ0) is 20.6. The number of nitrogens with one attached hydrogen (secondary N) is 1. The third-order valence-electron chi connectivity index (χ3n) is 4.29. The van der Waals surface area contributed by atoms with Gasteiger partial charge in [-0.1, -0.05) is 25.4 Å². The van der Waals surface area contributed by atoms with Crippen molar-refractivity contribution in [3.63, 3.8) is 0 Å². The normalized spacial score (nSPS) is 11.8. The van der Waals surface area contributed by atoms with Crippen LogP contribution in [0.2, 0.25) is 0 Å². The number of alkyl halides is 3. The van der Waals surface area contributed by atoms with E-state index in [1.54, 1.807) is 4.90 Å². The van der Waals surface area contributed by atoms with Gasteiger partial charge < -0.3 is 19.5 Å². The topological polar surface area (TPSA) is 67.6 Å². The molecule has 2 rings (SSSR count). The third-order valence-corrected chi connectivity index (χ3v) is 4.29. The van der Waals surface area contributed by atoms with Crippen LogP contribution in [0.4, 0.5) is 13.2 Å². The molecule has 0 bridgehead atoms. The number of carbonyl (C=O) groups excluding carboxylic acids is 1. The molecule has 1 N–H and O–H groups in total. The van der Waals surface area contributed by atoms with Crippen LogP contribution in [0.1, 0.15) is 37.9 Å². The number of amides is 1. The van der Waals surface area contributed by atoms with Crippen LogP contribution in [-0.4, -0.2) is 49.3 Å². The van der Waals surface area contributed by atoms with Gasteiger partial charge in [0.2, 0.25) is 6.41 Å². The van der Waals surface area contributed by atoms with Crippen molar-refractivity contribution in [1.82, 2.24) is 15.4 Å². The Balaban J connectivity index is 2.04. The molecule has 1 amide bonds. The number of aryl methyl sites for hydroxylation is 1. The first-order chi connectivity index (χ1) is 13.4. The van der Waals surface area contributed by atoms with Crippen molar-refractivity contribution < 1.29 is 27.2 Å². The lowest BCUT2D eigenvalue weighted by Gasteiger charge is -2.18. The fraction of sp³-hybridized carbons (Fsp3) is 0.579. The second-order valence-corrected chi connectivity index (χ2v) is 6.39. The first kappa shape index (κ1) is 22.0. The average Bonchev–Trinajstić information content (AvgIpc) is 3.10. The summed E-state index contributed by atoms with van der Waals surface area (Å²) in [5.74, 6) is 0.490. The van der Waals surface area contributed by atoms with Gasteiger partial charge in [0, 0.05) is 25.2 Å². The minimum atomic E-state index is -4.57. The summed E-state index contributed by atoms with van der Waals surface area (Å²) in [6.45, 7) is 6.99. The highest BCUT2D eigenvalue weighted by Gasteiger charge is 2.37. The highest BCUT2D eigenvalue weighted by Crippen LogP contribution is 2.38. The number of aromatic nitrogens is 1. The van der Waals surface area contributed by atoms with Gasteiger partial charge in [0.25, 0.3) is 0 Å². The van der Waals surface area contributed by atoms with E-state index in [2.05, 4.69) is 10.5 Å². The van der Waals surface area contributed by atoms with Crippen molar-refractivity contribution in [1.29, 1.82) is 0 Å². The van der Waals surface area contributed by atoms with Gasteiger partial charge in [-0.3, -0.25) is 4.79 Å². The predicted molar refractivity (Wildman–Crippen MR) is 99.3 cm³/mol. The fourth-order valence-electron chi connectivity index (χ4n) is 2.93. The molecule has 0 saturated carbocycles. The third kappa shape index (κ3) is 5.60. The van der Waals surface area contributed by atoms with E-state index in [1.165, 1.54) is 12.1 Å². The molecule has 0 radical (unpaired) electrons. The number of carbonyl (C=O) groups is 1. The number of nitrogens with zero attached hydrogens (tertiary/aromatic N) is 2. The van der Waals surface area contributed by atoms with E-state index < -0.39 is 11.9 Å². The molecule has 6 nitrogen and oxygen atoms in total. The molecule has 156 valence electrons. The maximum atomic E-state index is 13.0. The number of hydrogen-bond acceptors (Lipinski definition) is 5. The minimum Gasteiger partial charge on any atom is -0.493 e. The van der Waals surface area contributed by atoms with Crippen molar-refractivity contribution in [3.05, 3.63) is 23.4 Å². The Morgan fingerprint density at radius 3 is 2.71 bits per heavy atom. The van der Waals surface area contributed by atoms with E-state index >= 15 is 0 Å². The van der Waals surface area contributed by atoms with Crippen LogP contribution in [0.3, 0.4) is 0 Å². The Morgan fingerprint density at radius 2 is 2.07 bits per heavy atom. The molecule has 0 aliphatic carbocycles. The Morgan fingerprint density at radius 1 is 1.29 bits per heavy atom. The van der Waals surface area contributed by atoms with E-state index in [1.807, 2.05) is 13.8 Å². The second kappa shape index (κ2) is 10.3. The Labute approximate surface area is 162 Å². The van der Waals surface area contributed by atoms with E-state index in [-0.39, 0.29) is 11.0 Å². The maximum absolute atomic E-state index is 13.0. The highest BCUT2D eigenvalue weighted by atomic mass is 19.4. The number of hydrogen-bond donors (Lipinski definition) is 1. The number of fused-ring (bicyclic) bond motifs is 1. The summed E-state index contributed by atoms with van der Waals surface area (Å²) in [5.41, 5.74) is -0.317. The Kier molecular flexibility index (Phi) is 8.10. The lowest BCUT2D eigenvalue weighted by molar-refractivity contribution is -0.141. The minimum absolute atomic E-state index is 0.0566. The molecule has 0 aliphatic rings. The molecule has 1 heterocycles. The first-order valence-electron chi connectivity index (χ1n) is 9.43. The van der Waals surface area contributed by atoms with Crippen LogP contribution in [0, 0.1) is 0 Å². The quantitative estimate of drug-likeness (QED) is 0.435. The Bertz CT molecular complexity index is 762. The van der Waals surface area contributed by atoms with Gasteiger partial charge in [-0.2, -0.15) is 13.2 Å². The molecule has 0 saturated heterocycles. The highest BCUT2D eigenvalue weighted by molar-refractivity contribution is 5.85. The van der Waals surface area contributed by atoms with Crippen LogP contribution >= 0.6 is 0 Å². The van der Waals surface area contributed by atoms with Crippen LogP contribution in [-0.2, 0) is 17.4 Å². The summed E-state index contributed by atoms with van der Waals surface area (Å²) in [6, 6.07) is 2.86. The molecule has 0 unspecified atom stereocenters. The summed E-state index contributed by atoms with van der Waals surface area (Å²) >= 11 is 0. The molecule has 1 aromatic heterocycles. The van der Waals surface area contributed by atoms with Crippen molar-refractivity contribution in [2.75, 3.05) is 32.8 Å². The summed E-state index contributed by atoms with van der Waals surface area (Å²) in [5, 5.41) is 6.31. The molecule has 9 heteroatoms. The van der Waals surface area contributed by atoms with Gasteiger partial charge in [-0.25, -0.2) is 0 Å². The van der Waals surface area contributed by atoms with Gasteiger partial charge in [0.15, 0.2) is 11.3 Å². The molecule has 0 spiro atoms. The summed E-state index contributed by atoms with van der Waals surface area (Å²) in [4.78, 5) is 12.7. The number of rotatable bonds is 12. The van der Waals surface area contributed by atoms with Crippen LogP contribution in [0.25, 0.3) is 11.0 Å². The summed E-state index contributed by atoms with van der Waals surface area (Å²) < 4.78 is 49.9. The standard InChI is InChI=1S/C19H26F3N3O3/c1-3-6-14-16(27-12-5-10-25(13-26)11-9-23-4-2)8-7-15-17(14)28-24-18(15)19(20,21)22/h7-8,13,23H,3-6,9-12H2,1-2H3. The van der Waals surface area contributed by atoms with Crippen LogP contribution in [0.15, 0.2) is 16.7 Å². The van der Waals surface area contributed by atoms with Gasteiger partial charge in [-0.05, 0) is 31.5 Å². The number of likely N-dealkylation sites (N-methyl/N-ethyl adjacent to an activating group) is 1. The predicted octanol–water partition coefficient (Wildman–Crippen LogP) is 3.64. The van der Waals surface area contributed by atoms with E-state index in [0.717, 1.165) is 25.9 Å². The van der Waals surface area contributed by atoms with Crippen LogP contribution in [0.5, 0.6) is 5.75 Å². The van der Waals surface area contributed by atoms with Crippen molar-refractivity contribution in [3.8, 4) is 5.75 Å². The molecule has 28 heavy (non-hydrogen) atoms. The zero-order valence-electron chi connectivity index (χ0n) is 16.1. The molecule has 1 aromatic carbocycles.